The van der Waals surface area contributed by atoms with E-state index in [4.69, 9.17) is 4.74 Å². The van der Waals surface area contributed by atoms with E-state index in [1.807, 2.05) is 0 Å². The first-order valence-electron chi connectivity index (χ1n) is 8.09. The number of nitrogens with zero attached hydrogens (tertiary/aromatic N) is 4. The van der Waals surface area contributed by atoms with E-state index in [9.17, 15) is 9.59 Å². The largest absolute Gasteiger partial charge is 0.466 e. The van der Waals surface area contributed by atoms with Crippen molar-refractivity contribution >= 4 is 11.9 Å². The molecular formula is C17H20N4O3. The summed E-state index contributed by atoms with van der Waals surface area (Å²) < 4.78 is 6.84. The number of pyridine rings is 1. The summed E-state index contributed by atoms with van der Waals surface area (Å²) in [4.78, 5) is 34.5. The maximum absolute atomic E-state index is 12.6. The lowest BCUT2D eigenvalue weighted by Crippen LogP contribution is -2.42. The van der Waals surface area contributed by atoms with Crippen molar-refractivity contribution in [2.75, 3.05) is 19.7 Å². The molecule has 0 bridgehead atoms. The molecule has 1 unspecified atom stereocenters. The first-order chi connectivity index (χ1) is 11.7. The molecule has 1 saturated heterocycles. The number of hydrogen-bond donors (Lipinski definition) is 0. The van der Waals surface area contributed by atoms with Gasteiger partial charge in [-0.1, -0.05) is 0 Å². The summed E-state index contributed by atoms with van der Waals surface area (Å²) in [6, 6.07) is 3.53. The van der Waals surface area contributed by atoms with E-state index in [1.54, 1.807) is 53.4 Å². The molecule has 3 heterocycles. The third kappa shape index (κ3) is 3.45. The molecule has 0 N–H and O–H groups in total. The minimum atomic E-state index is -0.235. The van der Waals surface area contributed by atoms with E-state index in [0.717, 1.165) is 12.8 Å². The number of amides is 1. The van der Waals surface area contributed by atoms with Crippen molar-refractivity contribution in [3.8, 4) is 5.82 Å². The van der Waals surface area contributed by atoms with Gasteiger partial charge in [-0.15, -0.1) is 0 Å². The van der Waals surface area contributed by atoms with Crippen molar-refractivity contribution in [2.24, 2.45) is 5.92 Å². The third-order valence-corrected chi connectivity index (χ3v) is 4.09. The summed E-state index contributed by atoms with van der Waals surface area (Å²) >= 11 is 0. The number of carbonyl (C=O) groups is 2. The molecule has 126 valence electrons. The highest BCUT2D eigenvalue weighted by Gasteiger charge is 2.29. The zero-order valence-electron chi connectivity index (χ0n) is 13.6. The van der Waals surface area contributed by atoms with E-state index >= 15 is 0 Å². The van der Waals surface area contributed by atoms with Gasteiger partial charge in [0.15, 0.2) is 0 Å². The number of rotatable bonds is 4. The van der Waals surface area contributed by atoms with E-state index in [2.05, 4.69) is 9.97 Å². The van der Waals surface area contributed by atoms with Gasteiger partial charge in [0.1, 0.15) is 12.1 Å². The Labute approximate surface area is 140 Å². The van der Waals surface area contributed by atoms with Gasteiger partial charge in [0.05, 0.1) is 18.1 Å². The van der Waals surface area contributed by atoms with Crippen LogP contribution in [0.2, 0.25) is 0 Å². The second kappa shape index (κ2) is 7.25. The molecule has 3 rings (SSSR count). The lowest BCUT2D eigenvalue weighted by atomic mass is 9.97. The number of likely N-dealkylation sites (tertiary alicyclic amines) is 1. The molecule has 0 saturated carbocycles. The SMILES string of the molecule is CCOC(=O)C1CCCN(C(=O)c2ccc(-n3ccnc3)nc2)C1. The van der Waals surface area contributed by atoms with E-state index in [0.29, 0.717) is 31.1 Å². The molecule has 7 nitrogen and oxygen atoms in total. The van der Waals surface area contributed by atoms with Crippen LogP contribution in [0.1, 0.15) is 30.1 Å². The van der Waals surface area contributed by atoms with Gasteiger partial charge in [-0.05, 0) is 31.9 Å². The fourth-order valence-corrected chi connectivity index (χ4v) is 2.86. The summed E-state index contributed by atoms with van der Waals surface area (Å²) in [6.07, 6.45) is 8.24. The molecule has 1 atom stereocenters. The van der Waals surface area contributed by atoms with Crippen LogP contribution in [-0.4, -0.2) is 51.0 Å². The predicted molar refractivity (Wildman–Crippen MR) is 86.6 cm³/mol. The van der Waals surface area contributed by atoms with Gasteiger partial charge in [-0.25, -0.2) is 9.97 Å². The smallest absolute Gasteiger partial charge is 0.310 e. The molecule has 1 amide bonds. The fraction of sp³-hybridized carbons (Fsp3) is 0.412. The molecule has 0 radical (unpaired) electrons. The maximum atomic E-state index is 12.6. The zero-order chi connectivity index (χ0) is 16.9. The molecule has 1 fully saturated rings. The fourth-order valence-electron chi connectivity index (χ4n) is 2.86. The number of aromatic nitrogens is 3. The van der Waals surface area contributed by atoms with Crippen molar-refractivity contribution in [3.05, 3.63) is 42.6 Å². The number of ether oxygens (including phenoxy) is 1. The van der Waals surface area contributed by atoms with Crippen molar-refractivity contribution in [1.82, 2.24) is 19.4 Å². The van der Waals surface area contributed by atoms with Crippen LogP contribution >= 0.6 is 0 Å². The van der Waals surface area contributed by atoms with Crippen molar-refractivity contribution in [2.45, 2.75) is 19.8 Å². The van der Waals surface area contributed by atoms with Crippen LogP contribution in [0, 0.1) is 5.92 Å². The van der Waals surface area contributed by atoms with Gasteiger partial charge in [0.25, 0.3) is 5.91 Å². The first-order valence-corrected chi connectivity index (χ1v) is 8.09. The van der Waals surface area contributed by atoms with Crippen LogP contribution in [0.4, 0.5) is 0 Å². The number of carbonyl (C=O) groups excluding carboxylic acids is 2. The molecule has 0 spiro atoms. The van der Waals surface area contributed by atoms with E-state index in [1.165, 1.54) is 0 Å². The van der Waals surface area contributed by atoms with Gasteiger partial charge < -0.3 is 9.64 Å². The van der Waals surface area contributed by atoms with Gasteiger partial charge >= 0.3 is 5.97 Å². The second-order valence-corrected chi connectivity index (χ2v) is 5.72. The Morgan fingerprint density at radius 1 is 1.38 bits per heavy atom. The molecule has 7 heteroatoms. The standard InChI is InChI=1S/C17H20N4O3/c1-2-24-17(23)14-4-3-8-20(11-14)16(22)13-5-6-15(19-10-13)21-9-7-18-12-21/h5-7,9-10,12,14H,2-4,8,11H2,1H3. The molecule has 1 aliphatic heterocycles. The van der Waals surface area contributed by atoms with Gasteiger partial charge in [-0.3, -0.25) is 14.2 Å². The second-order valence-electron chi connectivity index (χ2n) is 5.72. The Balaban J connectivity index is 1.68. The Bertz CT molecular complexity index is 697. The number of piperidine rings is 1. The predicted octanol–water partition coefficient (Wildman–Crippen LogP) is 1.68. The molecule has 1 aliphatic rings. The number of imidazole rings is 1. The van der Waals surface area contributed by atoms with Crippen LogP contribution in [0.15, 0.2) is 37.1 Å². The first kappa shape index (κ1) is 16.2. The third-order valence-electron chi connectivity index (χ3n) is 4.09. The summed E-state index contributed by atoms with van der Waals surface area (Å²) in [5.41, 5.74) is 0.517. The summed E-state index contributed by atoms with van der Waals surface area (Å²) in [6.45, 7) is 3.21. The average Bonchev–Trinajstić information content (AvgIpc) is 3.16. The lowest BCUT2D eigenvalue weighted by molar-refractivity contribution is -0.149. The van der Waals surface area contributed by atoms with Crippen LogP contribution < -0.4 is 0 Å². The zero-order valence-corrected chi connectivity index (χ0v) is 13.6. The lowest BCUT2D eigenvalue weighted by Gasteiger charge is -2.31. The van der Waals surface area contributed by atoms with Gasteiger partial charge in [0, 0.05) is 31.7 Å². The van der Waals surface area contributed by atoms with Crippen molar-refractivity contribution in [1.29, 1.82) is 0 Å². The Morgan fingerprint density at radius 2 is 2.25 bits per heavy atom. The molecule has 2 aromatic heterocycles. The number of esters is 1. The van der Waals surface area contributed by atoms with Crippen LogP contribution in [0.5, 0.6) is 0 Å². The Kier molecular flexibility index (Phi) is 4.88. The van der Waals surface area contributed by atoms with E-state index in [-0.39, 0.29) is 17.8 Å². The highest BCUT2D eigenvalue weighted by Crippen LogP contribution is 2.20. The topological polar surface area (TPSA) is 77.3 Å². The quantitative estimate of drug-likeness (QED) is 0.798. The summed E-state index contributed by atoms with van der Waals surface area (Å²) in [5, 5.41) is 0. The van der Waals surface area contributed by atoms with Crippen LogP contribution in [-0.2, 0) is 9.53 Å². The number of hydrogen-bond acceptors (Lipinski definition) is 5. The molecule has 2 aromatic rings. The highest BCUT2D eigenvalue weighted by molar-refractivity contribution is 5.94. The Hall–Kier alpha value is -2.70. The average molecular weight is 328 g/mol. The summed E-state index contributed by atoms with van der Waals surface area (Å²) in [7, 11) is 0. The minimum Gasteiger partial charge on any atom is -0.466 e. The minimum absolute atomic E-state index is 0.103. The summed E-state index contributed by atoms with van der Waals surface area (Å²) in [5.74, 6) is 0.144. The molecule has 0 aliphatic carbocycles. The highest BCUT2D eigenvalue weighted by atomic mass is 16.5. The van der Waals surface area contributed by atoms with Gasteiger partial charge in [0.2, 0.25) is 0 Å². The monoisotopic (exact) mass is 328 g/mol. The van der Waals surface area contributed by atoms with Crippen molar-refractivity contribution < 1.29 is 14.3 Å². The van der Waals surface area contributed by atoms with E-state index < -0.39 is 0 Å². The van der Waals surface area contributed by atoms with Crippen LogP contribution in [0.3, 0.4) is 0 Å². The maximum Gasteiger partial charge on any atom is 0.310 e. The molecule has 0 aromatic carbocycles. The van der Waals surface area contributed by atoms with Crippen molar-refractivity contribution in [3.63, 3.8) is 0 Å². The van der Waals surface area contributed by atoms with Crippen LogP contribution in [0.25, 0.3) is 5.82 Å². The molecular weight excluding hydrogens is 308 g/mol. The Morgan fingerprint density at radius 3 is 2.92 bits per heavy atom. The molecule has 24 heavy (non-hydrogen) atoms. The van der Waals surface area contributed by atoms with Gasteiger partial charge in [-0.2, -0.15) is 0 Å². The normalized spacial score (nSPS) is 17.5.